The molecule has 2 fully saturated rings. The molecule has 1 aromatic heterocycles. The highest BCUT2D eigenvalue weighted by molar-refractivity contribution is 5.16. The molecule has 4 nitrogen and oxygen atoms in total. The van der Waals surface area contributed by atoms with E-state index in [0.717, 1.165) is 31.2 Å². The molecule has 3 rings (SSSR count). The van der Waals surface area contributed by atoms with E-state index in [2.05, 4.69) is 20.8 Å². The van der Waals surface area contributed by atoms with Crippen LogP contribution < -0.4 is 0 Å². The van der Waals surface area contributed by atoms with E-state index in [1.165, 1.54) is 0 Å². The van der Waals surface area contributed by atoms with Crippen LogP contribution in [-0.2, 0) is 6.42 Å². The number of hydrogen-bond donors (Lipinski definition) is 3. The van der Waals surface area contributed by atoms with E-state index in [9.17, 15) is 15.3 Å². The Hall–Kier alpha value is -0.840. The third-order valence-electron chi connectivity index (χ3n) is 7.40. The Kier molecular flexibility index (Phi) is 4.61. The van der Waals surface area contributed by atoms with Crippen molar-refractivity contribution in [1.82, 2.24) is 0 Å². The van der Waals surface area contributed by atoms with Crippen LogP contribution in [0.4, 0.5) is 0 Å². The van der Waals surface area contributed by atoms with Crippen molar-refractivity contribution in [3.8, 4) is 0 Å². The second kappa shape index (κ2) is 6.15. The molecule has 24 heavy (non-hydrogen) atoms. The maximum absolute atomic E-state index is 11.8. The zero-order valence-electron chi connectivity index (χ0n) is 15.2. The molecule has 2 saturated carbocycles. The normalized spacial score (nSPS) is 45.8. The lowest BCUT2D eigenvalue weighted by Gasteiger charge is -2.64. The first-order chi connectivity index (χ1) is 11.3. The first kappa shape index (κ1) is 18.0. The van der Waals surface area contributed by atoms with Crippen LogP contribution in [-0.4, -0.2) is 33.6 Å². The molecule has 1 heterocycles. The summed E-state index contributed by atoms with van der Waals surface area (Å²) in [4.78, 5) is 0. The summed E-state index contributed by atoms with van der Waals surface area (Å²) >= 11 is 0. The lowest BCUT2D eigenvalue weighted by Crippen LogP contribution is -2.67. The molecule has 0 unspecified atom stereocenters. The number of fused-ring (bicyclic) bond motifs is 1. The molecule has 0 radical (unpaired) electrons. The Morgan fingerprint density at radius 1 is 1.29 bits per heavy atom. The predicted octanol–water partition coefficient (Wildman–Crippen LogP) is 3.15. The summed E-state index contributed by atoms with van der Waals surface area (Å²) in [6.45, 7) is 6.34. The van der Waals surface area contributed by atoms with Gasteiger partial charge in [-0.05, 0) is 55.1 Å². The molecule has 2 aliphatic carbocycles. The van der Waals surface area contributed by atoms with Gasteiger partial charge in [-0.1, -0.05) is 27.2 Å². The molecule has 6 atom stereocenters. The minimum absolute atomic E-state index is 0.0293. The minimum atomic E-state index is -0.842. The fraction of sp³-hybridized carbons (Fsp3) is 0.800. The van der Waals surface area contributed by atoms with Gasteiger partial charge >= 0.3 is 0 Å². The van der Waals surface area contributed by atoms with Gasteiger partial charge in [0.05, 0.1) is 24.2 Å². The van der Waals surface area contributed by atoms with Gasteiger partial charge in [0, 0.05) is 17.9 Å². The number of hydrogen-bond acceptors (Lipinski definition) is 4. The zero-order valence-corrected chi connectivity index (χ0v) is 15.2. The molecular formula is C20H32O4. The molecule has 0 bridgehead atoms. The highest BCUT2D eigenvalue weighted by atomic mass is 16.3. The summed E-state index contributed by atoms with van der Waals surface area (Å²) in [7, 11) is 0. The molecule has 0 amide bonds. The molecule has 0 saturated heterocycles. The third kappa shape index (κ3) is 2.54. The standard InChI is InChI=1S/C20H32O4/c1-14-11-16(22)17-18(2,13-21)7-4-8-19(17,3)20(14,23)9-5-15-6-10-24-12-15/h6,10,12,14,16-17,21-23H,4-5,7-9,11,13H2,1-3H3/t14-,16+,17+,18+,19-,20+/m0/s1. The number of furan rings is 1. The monoisotopic (exact) mass is 336 g/mol. The van der Waals surface area contributed by atoms with E-state index >= 15 is 0 Å². The van der Waals surface area contributed by atoms with Crippen molar-refractivity contribution in [1.29, 1.82) is 0 Å². The van der Waals surface area contributed by atoms with Crippen molar-refractivity contribution < 1.29 is 19.7 Å². The highest BCUT2D eigenvalue weighted by Crippen LogP contribution is 2.63. The lowest BCUT2D eigenvalue weighted by molar-refractivity contribution is -0.251. The van der Waals surface area contributed by atoms with Crippen LogP contribution >= 0.6 is 0 Å². The highest BCUT2D eigenvalue weighted by Gasteiger charge is 2.64. The summed E-state index contributed by atoms with van der Waals surface area (Å²) < 4.78 is 5.16. The van der Waals surface area contributed by atoms with Crippen LogP contribution in [0.3, 0.4) is 0 Å². The summed E-state index contributed by atoms with van der Waals surface area (Å²) in [5.41, 5.74) is -0.451. The fourth-order valence-electron chi connectivity index (χ4n) is 6.05. The summed E-state index contributed by atoms with van der Waals surface area (Å²) in [5, 5.41) is 32.7. The maximum Gasteiger partial charge on any atom is 0.0934 e. The van der Waals surface area contributed by atoms with Gasteiger partial charge < -0.3 is 19.7 Å². The Labute approximate surface area is 144 Å². The van der Waals surface area contributed by atoms with Gasteiger partial charge in [0.25, 0.3) is 0 Å². The van der Waals surface area contributed by atoms with E-state index in [1.54, 1.807) is 12.5 Å². The van der Waals surface area contributed by atoms with Crippen molar-refractivity contribution in [2.24, 2.45) is 22.7 Å². The third-order valence-corrected chi connectivity index (χ3v) is 7.40. The Bertz CT molecular complexity index is 556. The van der Waals surface area contributed by atoms with Crippen molar-refractivity contribution in [3.63, 3.8) is 0 Å². The van der Waals surface area contributed by atoms with Gasteiger partial charge in [0.2, 0.25) is 0 Å². The van der Waals surface area contributed by atoms with Crippen LogP contribution in [0, 0.1) is 22.7 Å². The SMILES string of the molecule is C[C@H]1C[C@@H](O)[C@@H]2[C@@](C)(CO)CCC[C@]2(C)[C@@]1(O)CCc1ccoc1. The Morgan fingerprint density at radius 2 is 2.04 bits per heavy atom. The molecule has 1 aromatic rings. The first-order valence-electron chi connectivity index (χ1n) is 9.29. The largest absolute Gasteiger partial charge is 0.472 e. The van der Waals surface area contributed by atoms with Crippen molar-refractivity contribution in [2.45, 2.75) is 71.0 Å². The molecule has 4 heteroatoms. The molecule has 2 aliphatic rings. The van der Waals surface area contributed by atoms with Crippen molar-refractivity contribution in [2.75, 3.05) is 6.61 Å². The topological polar surface area (TPSA) is 73.8 Å². The molecule has 0 aromatic carbocycles. The van der Waals surface area contributed by atoms with Crippen LogP contribution in [0.25, 0.3) is 0 Å². The van der Waals surface area contributed by atoms with Gasteiger partial charge in [0.1, 0.15) is 0 Å². The summed E-state index contributed by atoms with van der Waals surface area (Å²) in [6, 6.07) is 1.95. The fourth-order valence-corrected chi connectivity index (χ4v) is 6.05. The van der Waals surface area contributed by atoms with Gasteiger partial charge in [-0.2, -0.15) is 0 Å². The molecule has 3 N–H and O–H groups in total. The smallest absolute Gasteiger partial charge is 0.0934 e. The number of aliphatic hydroxyl groups is 3. The minimum Gasteiger partial charge on any atom is -0.472 e. The second-order valence-electron chi connectivity index (χ2n) is 8.82. The predicted molar refractivity (Wildman–Crippen MR) is 92.4 cm³/mol. The van der Waals surface area contributed by atoms with Crippen LogP contribution in [0.1, 0.15) is 58.4 Å². The van der Waals surface area contributed by atoms with E-state index < -0.39 is 11.7 Å². The van der Waals surface area contributed by atoms with Crippen molar-refractivity contribution in [3.05, 3.63) is 24.2 Å². The average Bonchev–Trinajstić information content (AvgIpc) is 3.04. The van der Waals surface area contributed by atoms with Gasteiger partial charge in [-0.25, -0.2) is 0 Å². The first-order valence-corrected chi connectivity index (χ1v) is 9.29. The maximum atomic E-state index is 11.8. The van der Waals surface area contributed by atoms with E-state index in [4.69, 9.17) is 4.42 Å². The average molecular weight is 336 g/mol. The van der Waals surface area contributed by atoms with Crippen LogP contribution in [0.5, 0.6) is 0 Å². The molecule has 0 spiro atoms. The van der Waals surface area contributed by atoms with Crippen LogP contribution in [0.2, 0.25) is 0 Å². The van der Waals surface area contributed by atoms with Crippen LogP contribution in [0.15, 0.2) is 23.0 Å². The van der Waals surface area contributed by atoms with Crippen molar-refractivity contribution >= 4 is 0 Å². The van der Waals surface area contributed by atoms with E-state index in [0.29, 0.717) is 12.8 Å². The van der Waals surface area contributed by atoms with Gasteiger partial charge in [-0.3, -0.25) is 0 Å². The second-order valence-corrected chi connectivity index (χ2v) is 8.82. The van der Waals surface area contributed by atoms with E-state index in [1.807, 2.05) is 6.07 Å². The molecular weight excluding hydrogens is 304 g/mol. The molecule has 0 aliphatic heterocycles. The number of aryl methyl sites for hydroxylation is 1. The summed E-state index contributed by atoms with van der Waals surface area (Å²) in [5.74, 6) is -0.0454. The molecule has 136 valence electrons. The Balaban J connectivity index is 1.94. The number of aliphatic hydroxyl groups excluding tert-OH is 2. The van der Waals surface area contributed by atoms with Gasteiger partial charge in [-0.15, -0.1) is 0 Å². The lowest BCUT2D eigenvalue weighted by atomic mass is 9.43. The Morgan fingerprint density at radius 3 is 2.67 bits per heavy atom. The number of rotatable bonds is 4. The quantitative estimate of drug-likeness (QED) is 0.790. The summed E-state index contributed by atoms with van der Waals surface area (Å²) in [6.07, 6.45) is 7.77. The zero-order chi connectivity index (χ0) is 17.6. The van der Waals surface area contributed by atoms with E-state index in [-0.39, 0.29) is 29.3 Å². The van der Waals surface area contributed by atoms with Gasteiger partial charge in [0.15, 0.2) is 0 Å².